The molecule has 12 heteroatoms. The van der Waals surface area contributed by atoms with E-state index in [2.05, 4.69) is 47.0 Å². The molecule has 8 nitrogen and oxygen atoms in total. The summed E-state index contributed by atoms with van der Waals surface area (Å²) in [4.78, 5) is 53.1. The quantitative estimate of drug-likeness (QED) is 0.0921. The molecule has 4 aromatic rings. The molecule has 0 unspecified atom stereocenters. The molecule has 0 saturated carbocycles. The minimum atomic E-state index is -0.506. The molecule has 0 heterocycles. The highest BCUT2D eigenvalue weighted by atomic mass is 33.1. The van der Waals surface area contributed by atoms with Gasteiger partial charge in [0.1, 0.15) is 0 Å². The fourth-order valence-electron chi connectivity index (χ4n) is 3.53. The van der Waals surface area contributed by atoms with Gasteiger partial charge in [0.05, 0.1) is 22.3 Å². The van der Waals surface area contributed by atoms with Gasteiger partial charge in [0.25, 0.3) is 23.6 Å². The molecule has 0 saturated heterocycles. The second-order valence-electron chi connectivity index (χ2n) is 8.51. The van der Waals surface area contributed by atoms with E-state index in [-0.39, 0.29) is 0 Å². The third-order valence-corrected chi connectivity index (χ3v) is 8.85. The van der Waals surface area contributed by atoms with E-state index in [0.717, 1.165) is 5.56 Å². The molecule has 0 spiro atoms. The first-order valence-corrected chi connectivity index (χ1v) is 15.1. The highest BCUT2D eigenvalue weighted by Crippen LogP contribution is 2.40. The molecule has 41 heavy (non-hydrogen) atoms. The molecule has 0 radical (unpaired) electrons. The Hall–Kier alpha value is -3.84. The molecule has 0 fully saturated rings. The van der Waals surface area contributed by atoms with Crippen molar-refractivity contribution in [1.29, 1.82) is 0 Å². The van der Waals surface area contributed by atoms with Gasteiger partial charge in [0.2, 0.25) is 0 Å². The lowest BCUT2D eigenvalue weighted by atomic mass is 10.1. The number of thiol groups is 2. The van der Waals surface area contributed by atoms with Crippen LogP contribution in [0.4, 0.5) is 0 Å². The van der Waals surface area contributed by atoms with Crippen LogP contribution in [0.15, 0.2) is 111 Å². The highest BCUT2D eigenvalue weighted by Gasteiger charge is 2.18. The van der Waals surface area contributed by atoms with Crippen LogP contribution in [0.1, 0.15) is 47.0 Å². The topological polar surface area (TPSA) is 116 Å². The lowest BCUT2D eigenvalue weighted by molar-refractivity contribution is 0.0843. The van der Waals surface area contributed by atoms with Crippen LogP contribution in [0.5, 0.6) is 0 Å². The first-order chi connectivity index (χ1) is 19.7. The fourth-order valence-corrected chi connectivity index (χ4v) is 6.49. The lowest BCUT2D eigenvalue weighted by Gasteiger charge is -2.13. The Morgan fingerprint density at radius 1 is 0.512 bits per heavy atom. The summed E-state index contributed by atoms with van der Waals surface area (Å²) in [6, 6.07) is 25.7. The summed E-state index contributed by atoms with van der Waals surface area (Å²) in [5.41, 5.74) is 12.0. The van der Waals surface area contributed by atoms with Crippen LogP contribution >= 0.6 is 46.8 Å². The number of aryl methyl sites for hydroxylation is 1. The number of hydrogen-bond acceptors (Lipinski definition) is 8. The number of carbonyl (C=O) groups excluding carboxylic acids is 4. The lowest BCUT2D eigenvalue weighted by Crippen LogP contribution is -2.42. The van der Waals surface area contributed by atoms with Crippen LogP contribution in [0, 0.1) is 6.92 Å². The average Bonchev–Trinajstić information content (AvgIpc) is 2.98. The summed E-state index contributed by atoms with van der Waals surface area (Å²) in [7, 11) is 2.56. The maximum Gasteiger partial charge on any atom is 0.270 e. The molecule has 0 bridgehead atoms. The second kappa shape index (κ2) is 14.2. The van der Waals surface area contributed by atoms with E-state index >= 15 is 0 Å². The highest BCUT2D eigenvalue weighted by molar-refractivity contribution is 8.76. The Bertz CT molecular complexity index is 1630. The predicted molar refractivity (Wildman–Crippen MR) is 167 cm³/mol. The Labute approximate surface area is 255 Å². The van der Waals surface area contributed by atoms with Crippen LogP contribution in [0.25, 0.3) is 0 Å². The van der Waals surface area contributed by atoms with Crippen molar-refractivity contribution in [2.75, 3.05) is 0 Å². The SMILES string of the molecule is Cc1ccc(C(=O)NNC(=O)c2ccccc2S)c(SSc2ccccc2C(=O)NNC(=O)c2ccccc2S)c1. The Kier molecular flexibility index (Phi) is 10.4. The van der Waals surface area contributed by atoms with E-state index in [1.807, 2.05) is 13.0 Å². The zero-order chi connectivity index (χ0) is 29.4. The number of hydrazine groups is 2. The summed E-state index contributed by atoms with van der Waals surface area (Å²) in [6.07, 6.45) is 0. The van der Waals surface area contributed by atoms with Crippen LogP contribution in [0.3, 0.4) is 0 Å². The van der Waals surface area contributed by atoms with Crippen molar-refractivity contribution >= 4 is 70.5 Å². The van der Waals surface area contributed by atoms with Crippen molar-refractivity contribution in [3.05, 3.63) is 119 Å². The van der Waals surface area contributed by atoms with Crippen molar-refractivity contribution in [3.8, 4) is 0 Å². The Morgan fingerprint density at radius 3 is 1.41 bits per heavy atom. The Balaban J connectivity index is 1.42. The molecule has 4 rings (SSSR count). The van der Waals surface area contributed by atoms with E-state index in [0.29, 0.717) is 41.8 Å². The van der Waals surface area contributed by atoms with Gasteiger partial charge < -0.3 is 0 Å². The number of carbonyl (C=O) groups is 4. The maximum atomic E-state index is 13.0. The first kappa shape index (κ1) is 30.1. The monoisotopic (exact) mass is 620 g/mol. The van der Waals surface area contributed by atoms with E-state index in [1.165, 1.54) is 21.6 Å². The smallest absolute Gasteiger partial charge is 0.267 e. The summed E-state index contributed by atoms with van der Waals surface area (Å²) in [5.74, 6) is -2.00. The summed E-state index contributed by atoms with van der Waals surface area (Å²) < 4.78 is 0. The van der Waals surface area contributed by atoms with Gasteiger partial charge in [-0.25, -0.2) is 0 Å². The molecule has 208 valence electrons. The molecule has 4 amide bonds. The van der Waals surface area contributed by atoms with Gasteiger partial charge in [-0.3, -0.25) is 40.9 Å². The molecule has 0 aliphatic heterocycles. The van der Waals surface area contributed by atoms with Crippen molar-refractivity contribution in [3.63, 3.8) is 0 Å². The van der Waals surface area contributed by atoms with E-state index in [1.54, 1.807) is 84.9 Å². The van der Waals surface area contributed by atoms with Gasteiger partial charge in [-0.1, -0.05) is 64.1 Å². The van der Waals surface area contributed by atoms with E-state index in [9.17, 15) is 19.2 Å². The van der Waals surface area contributed by atoms with Gasteiger partial charge in [-0.15, -0.1) is 25.3 Å². The molecular formula is C29H24N4O4S4. The number of benzene rings is 4. The third kappa shape index (κ3) is 7.88. The molecule has 4 N–H and O–H groups in total. The van der Waals surface area contributed by atoms with Crippen molar-refractivity contribution in [2.45, 2.75) is 26.5 Å². The summed E-state index contributed by atoms with van der Waals surface area (Å²) in [6.45, 7) is 1.90. The first-order valence-electron chi connectivity index (χ1n) is 12.1. The predicted octanol–water partition coefficient (Wildman–Crippen LogP) is 5.52. The van der Waals surface area contributed by atoms with Gasteiger partial charge in [-0.2, -0.15) is 0 Å². The van der Waals surface area contributed by atoms with Crippen molar-refractivity contribution in [1.82, 2.24) is 21.7 Å². The zero-order valence-electron chi connectivity index (χ0n) is 21.5. The Morgan fingerprint density at radius 2 is 0.902 bits per heavy atom. The van der Waals surface area contributed by atoms with Crippen LogP contribution in [-0.2, 0) is 0 Å². The van der Waals surface area contributed by atoms with Crippen LogP contribution < -0.4 is 21.7 Å². The van der Waals surface area contributed by atoms with E-state index < -0.39 is 23.6 Å². The van der Waals surface area contributed by atoms with Gasteiger partial charge in [0.15, 0.2) is 0 Å². The summed E-state index contributed by atoms with van der Waals surface area (Å²) >= 11 is 8.55. The average molecular weight is 621 g/mol. The molecule has 0 aliphatic carbocycles. The number of hydrogen-bond donors (Lipinski definition) is 6. The number of nitrogens with one attached hydrogen (secondary N) is 4. The normalized spacial score (nSPS) is 10.4. The van der Waals surface area contributed by atoms with E-state index in [4.69, 9.17) is 0 Å². The third-order valence-electron chi connectivity index (χ3n) is 5.61. The molecule has 0 atom stereocenters. The zero-order valence-corrected chi connectivity index (χ0v) is 24.9. The molecule has 0 aliphatic rings. The molecular weight excluding hydrogens is 597 g/mol. The number of rotatable bonds is 7. The second-order valence-corrected chi connectivity index (χ2v) is 11.7. The summed E-state index contributed by atoms with van der Waals surface area (Å²) in [5, 5.41) is 0. The standard InChI is InChI=1S/C29H24N4O4S4/c1-17-14-15-21(29(37)33-31-27(35)19-9-3-6-12-23(19)39)25(16-17)41-40-24-13-7-4-10-20(24)28(36)32-30-26(34)18-8-2-5-11-22(18)38/h2-16,38-39H,1H3,(H,30,34)(H,31,35)(H,32,36)(H,33,37). The minimum Gasteiger partial charge on any atom is -0.267 e. The number of amides is 4. The van der Waals surface area contributed by atoms with Crippen LogP contribution in [-0.4, -0.2) is 23.6 Å². The fraction of sp³-hybridized carbons (Fsp3) is 0.0345. The minimum absolute atomic E-state index is 0.325. The van der Waals surface area contributed by atoms with Crippen molar-refractivity contribution in [2.24, 2.45) is 0 Å². The van der Waals surface area contributed by atoms with Gasteiger partial charge in [-0.05, 0) is 61.0 Å². The van der Waals surface area contributed by atoms with Gasteiger partial charge in [0, 0.05) is 19.6 Å². The van der Waals surface area contributed by atoms with Gasteiger partial charge >= 0.3 is 0 Å². The van der Waals surface area contributed by atoms with Crippen LogP contribution in [0.2, 0.25) is 0 Å². The maximum absolute atomic E-state index is 13.0. The molecule has 0 aromatic heterocycles. The molecule has 4 aromatic carbocycles. The van der Waals surface area contributed by atoms with Crippen molar-refractivity contribution < 1.29 is 19.2 Å². The largest absolute Gasteiger partial charge is 0.270 e.